The van der Waals surface area contributed by atoms with E-state index in [1.54, 1.807) is 0 Å². The minimum atomic E-state index is -4.76. The first-order valence-corrected chi connectivity index (χ1v) is 6.55. The second-order valence-electron chi connectivity index (χ2n) is 4.78. The molecule has 2 rings (SSSR count). The molecule has 0 radical (unpaired) electrons. The highest BCUT2D eigenvalue weighted by molar-refractivity contribution is 6.30. The lowest BCUT2D eigenvalue weighted by Crippen LogP contribution is -2.49. The molecule has 0 fully saturated rings. The molecule has 1 aliphatic rings. The first-order chi connectivity index (χ1) is 9.33. The molecule has 0 spiro atoms. The summed E-state index contributed by atoms with van der Waals surface area (Å²) in [5.74, 6) is 0. The van der Waals surface area contributed by atoms with Gasteiger partial charge in [-0.3, -0.25) is 0 Å². The van der Waals surface area contributed by atoms with Crippen LogP contribution in [-0.4, -0.2) is 23.5 Å². The number of rotatable bonds is 3. The standard InChI is InChI=1S/C14H14ClF3O2/c15-12-5-3-10(4-6-12)8-13(19,14(16,17)18)11-2-1-7-20-9-11/h3-6,9,19H,1-2,7-8H2. The van der Waals surface area contributed by atoms with Gasteiger partial charge >= 0.3 is 6.18 Å². The summed E-state index contributed by atoms with van der Waals surface area (Å²) in [5, 5.41) is 10.6. The molecule has 110 valence electrons. The molecule has 1 aromatic rings. The molecule has 1 heterocycles. The first kappa shape index (κ1) is 15.2. The van der Waals surface area contributed by atoms with Gasteiger partial charge in [-0.05, 0) is 30.5 Å². The zero-order chi connectivity index (χ0) is 14.8. The Morgan fingerprint density at radius 1 is 1.20 bits per heavy atom. The molecule has 0 aliphatic carbocycles. The van der Waals surface area contributed by atoms with Crippen LogP contribution >= 0.6 is 11.6 Å². The minimum Gasteiger partial charge on any atom is -0.501 e. The minimum absolute atomic E-state index is 0.133. The van der Waals surface area contributed by atoms with Crippen LogP contribution in [-0.2, 0) is 11.2 Å². The number of aliphatic hydroxyl groups is 1. The Morgan fingerprint density at radius 3 is 2.35 bits per heavy atom. The fraction of sp³-hybridized carbons (Fsp3) is 0.429. The van der Waals surface area contributed by atoms with Crippen LogP contribution in [0.3, 0.4) is 0 Å². The zero-order valence-electron chi connectivity index (χ0n) is 10.6. The second-order valence-corrected chi connectivity index (χ2v) is 5.22. The predicted molar refractivity (Wildman–Crippen MR) is 69.4 cm³/mol. The van der Waals surface area contributed by atoms with Gasteiger partial charge < -0.3 is 9.84 Å². The van der Waals surface area contributed by atoms with Crippen molar-refractivity contribution < 1.29 is 23.0 Å². The van der Waals surface area contributed by atoms with Gasteiger partial charge in [0.05, 0.1) is 12.9 Å². The average Bonchev–Trinajstić information content (AvgIpc) is 2.41. The number of halogens is 4. The lowest BCUT2D eigenvalue weighted by atomic mass is 9.84. The number of hydrogen-bond donors (Lipinski definition) is 1. The van der Waals surface area contributed by atoms with Crippen molar-refractivity contribution in [1.29, 1.82) is 0 Å². The Morgan fingerprint density at radius 2 is 1.85 bits per heavy atom. The molecule has 2 nitrogen and oxygen atoms in total. The maximum absolute atomic E-state index is 13.3. The lowest BCUT2D eigenvalue weighted by Gasteiger charge is -2.34. The van der Waals surface area contributed by atoms with Crippen molar-refractivity contribution in [2.45, 2.75) is 31.0 Å². The Kier molecular flexibility index (Phi) is 4.30. The third kappa shape index (κ3) is 3.10. The molecule has 1 aliphatic heterocycles. The summed E-state index contributed by atoms with van der Waals surface area (Å²) in [6.07, 6.45) is -3.65. The summed E-state index contributed by atoms with van der Waals surface area (Å²) < 4.78 is 44.8. The highest BCUT2D eigenvalue weighted by Crippen LogP contribution is 2.41. The second kappa shape index (κ2) is 5.66. The van der Waals surface area contributed by atoms with Crippen molar-refractivity contribution in [1.82, 2.24) is 0 Å². The Labute approximate surface area is 119 Å². The molecule has 0 aromatic heterocycles. The van der Waals surface area contributed by atoms with Gasteiger partial charge in [0, 0.05) is 17.0 Å². The number of hydrogen-bond acceptors (Lipinski definition) is 2. The molecule has 1 N–H and O–H groups in total. The van der Waals surface area contributed by atoms with E-state index in [2.05, 4.69) is 0 Å². The third-order valence-electron chi connectivity index (χ3n) is 3.31. The molecule has 0 amide bonds. The normalized spacial score (nSPS) is 18.9. The topological polar surface area (TPSA) is 29.5 Å². The molecule has 0 bridgehead atoms. The smallest absolute Gasteiger partial charge is 0.421 e. The highest BCUT2D eigenvalue weighted by atomic mass is 35.5. The molecular weight excluding hydrogens is 293 g/mol. The van der Waals surface area contributed by atoms with E-state index in [1.165, 1.54) is 24.3 Å². The van der Waals surface area contributed by atoms with E-state index in [4.69, 9.17) is 16.3 Å². The molecule has 1 unspecified atom stereocenters. The molecule has 0 saturated heterocycles. The summed E-state index contributed by atoms with van der Waals surface area (Å²) in [6, 6.07) is 5.95. The van der Waals surface area contributed by atoms with E-state index in [9.17, 15) is 18.3 Å². The SMILES string of the molecule is OC(Cc1ccc(Cl)cc1)(C1=COCCC1)C(F)(F)F. The van der Waals surface area contributed by atoms with Gasteiger partial charge in [0.1, 0.15) is 0 Å². The van der Waals surface area contributed by atoms with Gasteiger partial charge in [0.15, 0.2) is 5.60 Å². The van der Waals surface area contributed by atoms with Crippen molar-refractivity contribution in [2.24, 2.45) is 0 Å². The van der Waals surface area contributed by atoms with E-state index < -0.39 is 18.2 Å². The predicted octanol–water partition coefficient (Wildman–Crippen LogP) is 3.87. The van der Waals surface area contributed by atoms with Gasteiger partial charge in [-0.2, -0.15) is 13.2 Å². The molecule has 0 saturated carbocycles. The summed E-state index contributed by atoms with van der Waals surface area (Å²) in [5.41, 5.74) is -2.67. The molecule has 6 heteroatoms. The van der Waals surface area contributed by atoms with Crippen LogP contribution < -0.4 is 0 Å². The van der Waals surface area contributed by atoms with E-state index in [-0.39, 0.29) is 12.0 Å². The molecule has 1 atom stereocenters. The lowest BCUT2D eigenvalue weighted by molar-refractivity contribution is -0.245. The zero-order valence-corrected chi connectivity index (χ0v) is 11.3. The summed E-state index contributed by atoms with van der Waals surface area (Å²) in [7, 11) is 0. The van der Waals surface area contributed by atoms with Crippen molar-refractivity contribution in [3.05, 3.63) is 46.7 Å². The monoisotopic (exact) mass is 306 g/mol. The van der Waals surface area contributed by atoms with Crippen LogP contribution in [0.15, 0.2) is 36.1 Å². The van der Waals surface area contributed by atoms with Crippen molar-refractivity contribution in [3.63, 3.8) is 0 Å². The van der Waals surface area contributed by atoms with E-state index in [0.29, 0.717) is 23.6 Å². The maximum atomic E-state index is 13.3. The van der Waals surface area contributed by atoms with Crippen LogP contribution in [0.2, 0.25) is 5.02 Å². The van der Waals surface area contributed by atoms with Gasteiger partial charge in [-0.1, -0.05) is 23.7 Å². The van der Waals surface area contributed by atoms with Crippen LogP contribution in [0.4, 0.5) is 13.2 Å². The fourth-order valence-electron chi connectivity index (χ4n) is 2.16. The van der Waals surface area contributed by atoms with Crippen molar-refractivity contribution >= 4 is 11.6 Å². The summed E-state index contributed by atoms with van der Waals surface area (Å²) in [6.45, 7) is 0.373. The van der Waals surface area contributed by atoms with Gasteiger partial charge in [-0.15, -0.1) is 0 Å². The third-order valence-corrected chi connectivity index (χ3v) is 3.56. The molecular formula is C14H14ClF3O2. The number of benzene rings is 1. The summed E-state index contributed by atoms with van der Waals surface area (Å²) in [4.78, 5) is 0. The van der Waals surface area contributed by atoms with Crippen molar-refractivity contribution in [3.8, 4) is 0 Å². The fourth-order valence-corrected chi connectivity index (χ4v) is 2.29. The molecule has 1 aromatic carbocycles. The average molecular weight is 307 g/mol. The van der Waals surface area contributed by atoms with E-state index >= 15 is 0 Å². The van der Waals surface area contributed by atoms with E-state index in [0.717, 1.165) is 6.26 Å². The van der Waals surface area contributed by atoms with E-state index in [1.807, 2.05) is 0 Å². The summed E-state index contributed by atoms with van der Waals surface area (Å²) >= 11 is 5.71. The number of ether oxygens (including phenoxy) is 1. The Balaban J connectivity index is 2.32. The van der Waals surface area contributed by atoms with Crippen molar-refractivity contribution in [2.75, 3.05) is 6.61 Å². The Bertz CT molecular complexity index is 496. The van der Waals surface area contributed by atoms with Gasteiger partial charge in [0.25, 0.3) is 0 Å². The molecule has 20 heavy (non-hydrogen) atoms. The van der Waals surface area contributed by atoms with Crippen LogP contribution in [0.25, 0.3) is 0 Å². The van der Waals surface area contributed by atoms with Crippen LogP contribution in [0.1, 0.15) is 18.4 Å². The van der Waals surface area contributed by atoms with Gasteiger partial charge in [0.2, 0.25) is 0 Å². The quantitative estimate of drug-likeness (QED) is 0.918. The maximum Gasteiger partial charge on any atom is 0.421 e. The highest BCUT2D eigenvalue weighted by Gasteiger charge is 2.56. The first-order valence-electron chi connectivity index (χ1n) is 6.17. The van der Waals surface area contributed by atoms with Gasteiger partial charge in [-0.25, -0.2) is 0 Å². The van der Waals surface area contributed by atoms with Crippen LogP contribution in [0, 0.1) is 0 Å². The van der Waals surface area contributed by atoms with Crippen LogP contribution in [0.5, 0.6) is 0 Å². The largest absolute Gasteiger partial charge is 0.501 e. The number of alkyl halides is 3. The Hall–Kier alpha value is -1.20.